The van der Waals surface area contributed by atoms with Crippen molar-refractivity contribution in [2.45, 2.75) is 26.7 Å². The predicted molar refractivity (Wildman–Crippen MR) is 56.4 cm³/mol. The Balaban J connectivity index is -0.000000116. The van der Waals surface area contributed by atoms with Gasteiger partial charge in [0.25, 0.3) is 0 Å². The van der Waals surface area contributed by atoms with E-state index in [2.05, 4.69) is 24.2 Å². The monoisotopic (exact) mass is 200 g/mol. The van der Waals surface area contributed by atoms with Gasteiger partial charge in [-0.3, -0.25) is 4.99 Å². The molecule has 0 fully saturated rings. The van der Waals surface area contributed by atoms with Crippen molar-refractivity contribution in [1.29, 1.82) is 0 Å². The van der Waals surface area contributed by atoms with Gasteiger partial charge >= 0.3 is 0 Å². The van der Waals surface area contributed by atoms with Crippen molar-refractivity contribution in [3.05, 3.63) is 0 Å². The average molecular weight is 201 g/mol. The Morgan fingerprint density at radius 3 is 2.00 bits per heavy atom. The lowest BCUT2D eigenvalue weighted by atomic mass is 10.4. The second-order valence-electron chi connectivity index (χ2n) is 2.05. The lowest BCUT2D eigenvalue weighted by Crippen LogP contribution is -2.17. The molecular weight excluding hydrogens is 183 g/mol. The van der Waals surface area contributed by atoms with Gasteiger partial charge in [-0.25, -0.2) is 0 Å². The molecule has 1 rings (SSSR count). The topological polar surface area (TPSA) is 24.4 Å². The third kappa shape index (κ3) is 17.8. The molecule has 0 aromatic heterocycles. The second kappa shape index (κ2) is 16.6. The number of aliphatic imine (C=N–C) groups is 1. The lowest BCUT2D eigenvalue weighted by Gasteiger charge is -2.01. The van der Waals surface area contributed by atoms with E-state index in [1.807, 2.05) is 0 Å². The van der Waals surface area contributed by atoms with Crippen LogP contribution in [0.5, 0.6) is 0 Å². The SMILES string of the molecule is C1=NCCCN1.CCC.Cl.Cl. The van der Waals surface area contributed by atoms with Crippen LogP contribution in [0, 0.1) is 0 Å². The van der Waals surface area contributed by atoms with E-state index in [1.165, 1.54) is 12.8 Å². The molecule has 0 bridgehead atoms. The molecule has 1 aliphatic rings. The molecule has 1 heterocycles. The van der Waals surface area contributed by atoms with Gasteiger partial charge < -0.3 is 5.32 Å². The number of halogens is 2. The summed E-state index contributed by atoms with van der Waals surface area (Å²) in [6, 6.07) is 0. The minimum Gasteiger partial charge on any atom is -0.376 e. The van der Waals surface area contributed by atoms with Crippen LogP contribution in [0.3, 0.4) is 0 Å². The molecule has 4 heteroatoms. The highest BCUT2D eigenvalue weighted by Gasteiger charge is 1.85. The fraction of sp³-hybridized carbons (Fsp3) is 0.857. The smallest absolute Gasteiger partial charge is 0.0823 e. The van der Waals surface area contributed by atoms with Crippen LogP contribution >= 0.6 is 24.8 Å². The zero-order valence-electron chi connectivity index (χ0n) is 7.17. The normalized spacial score (nSPS) is 12.5. The molecule has 0 aromatic carbocycles. The number of rotatable bonds is 0. The standard InChI is InChI=1S/C4H8N2.C3H8.2ClH/c1-2-5-4-6-3-1;1-3-2;;/h4H,1-3H2,(H,5,6);3H2,1-2H3;2*1H. The zero-order valence-corrected chi connectivity index (χ0v) is 8.80. The Labute approximate surface area is 81.7 Å². The third-order valence-electron chi connectivity index (χ3n) is 0.791. The van der Waals surface area contributed by atoms with Crippen LogP contribution in [0.25, 0.3) is 0 Å². The summed E-state index contributed by atoms with van der Waals surface area (Å²) in [6.45, 7) is 6.36. The molecular formula is C7H18Cl2N2. The predicted octanol–water partition coefficient (Wildman–Crippen LogP) is 2.27. The third-order valence-corrected chi connectivity index (χ3v) is 0.791. The van der Waals surface area contributed by atoms with Crippen LogP contribution in [0.4, 0.5) is 0 Å². The first-order valence-electron chi connectivity index (χ1n) is 3.63. The molecule has 11 heavy (non-hydrogen) atoms. The van der Waals surface area contributed by atoms with Crippen LogP contribution in [-0.2, 0) is 0 Å². The first-order chi connectivity index (χ1) is 4.41. The van der Waals surface area contributed by atoms with Crippen molar-refractivity contribution in [1.82, 2.24) is 5.32 Å². The Morgan fingerprint density at radius 2 is 1.91 bits per heavy atom. The molecule has 1 aliphatic heterocycles. The van der Waals surface area contributed by atoms with Gasteiger partial charge in [-0.2, -0.15) is 0 Å². The largest absolute Gasteiger partial charge is 0.376 e. The molecule has 0 aromatic rings. The molecule has 0 aliphatic carbocycles. The molecule has 0 atom stereocenters. The first-order valence-corrected chi connectivity index (χ1v) is 3.63. The maximum Gasteiger partial charge on any atom is 0.0823 e. The van der Waals surface area contributed by atoms with Crippen LogP contribution in [0.2, 0.25) is 0 Å². The molecule has 2 nitrogen and oxygen atoms in total. The highest BCUT2D eigenvalue weighted by Crippen LogP contribution is 1.79. The van der Waals surface area contributed by atoms with E-state index in [1.54, 1.807) is 6.34 Å². The highest BCUT2D eigenvalue weighted by molar-refractivity contribution is 5.85. The van der Waals surface area contributed by atoms with Crippen LogP contribution in [0.1, 0.15) is 26.7 Å². The van der Waals surface area contributed by atoms with E-state index in [0.717, 1.165) is 13.1 Å². The summed E-state index contributed by atoms with van der Waals surface area (Å²) in [4.78, 5) is 3.94. The van der Waals surface area contributed by atoms with Crippen molar-refractivity contribution < 1.29 is 0 Å². The fourth-order valence-electron chi connectivity index (χ4n) is 0.466. The summed E-state index contributed by atoms with van der Waals surface area (Å²) in [7, 11) is 0. The van der Waals surface area contributed by atoms with Crippen molar-refractivity contribution in [2.75, 3.05) is 13.1 Å². The number of nitrogens with one attached hydrogen (secondary N) is 1. The summed E-state index contributed by atoms with van der Waals surface area (Å²) in [6.07, 6.45) is 4.21. The fourth-order valence-corrected chi connectivity index (χ4v) is 0.466. The van der Waals surface area contributed by atoms with Gasteiger partial charge in [0, 0.05) is 13.1 Å². The van der Waals surface area contributed by atoms with E-state index in [-0.39, 0.29) is 24.8 Å². The lowest BCUT2D eigenvalue weighted by molar-refractivity contribution is 0.755. The highest BCUT2D eigenvalue weighted by atomic mass is 35.5. The van der Waals surface area contributed by atoms with Gasteiger partial charge in [-0.05, 0) is 6.42 Å². The number of nitrogens with zero attached hydrogens (tertiary/aromatic N) is 1. The van der Waals surface area contributed by atoms with Gasteiger partial charge in [0.05, 0.1) is 6.34 Å². The summed E-state index contributed by atoms with van der Waals surface area (Å²) in [5.74, 6) is 0. The molecule has 0 radical (unpaired) electrons. The van der Waals surface area contributed by atoms with Crippen molar-refractivity contribution in [3.8, 4) is 0 Å². The zero-order chi connectivity index (χ0) is 6.95. The van der Waals surface area contributed by atoms with Crippen LogP contribution in [-0.4, -0.2) is 19.4 Å². The Kier molecular flexibility index (Phi) is 25.9. The molecule has 0 saturated heterocycles. The summed E-state index contributed by atoms with van der Waals surface area (Å²) >= 11 is 0. The molecule has 70 valence electrons. The summed E-state index contributed by atoms with van der Waals surface area (Å²) in [5, 5.41) is 2.99. The molecule has 1 N–H and O–H groups in total. The Hall–Kier alpha value is 0.0500. The van der Waals surface area contributed by atoms with Crippen molar-refractivity contribution in [3.63, 3.8) is 0 Å². The Bertz CT molecular complexity index is 68.8. The van der Waals surface area contributed by atoms with Gasteiger partial charge in [-0.15, -0.1) is 24.8 Å². The maximum absolute atomic E-state index is 3.94. The van der Waals surface area contributed by atoms with Gasteiger partial charge in [0.1, 0.15) is 0 Å². The number of hydrogen-bond acceptors (Lipinski definition) is 2. The maximum atomic E-state index is 3.94. The quantitative estimate of drug-likeness (QED) is 0.638. The Morgan fingerprint density at radius 1 is 1.36 bits per heavy atom. The van der Waals surface area contributed by atoms with Gasteiger partial charge in [0.2, 0.25) is 0 Å². The molecule has 0 spiro atoms. The molecule has 0 saturated carbocycles. The minimum atomic E-state index is 0. The van der Waals surface area contributed by atoms with Crippen molar-refractivity contribution in [2.24, 2.45) is 4.99 Å². The van der Waals surface area contributed by atoms with Gasteiger partial charge in [-0.1, -0.05) is 20.3 Å². The van der Waals surface area contributed by atoms with Gasteiger partial charge in [0.15, 0.2) is 0 Å². The van der Waals surface area contributed by atoms with E-state index in [9.17, 15) is 0 Å². The van der Waals surface area contributed by atoms with E-state index in [0.29, 0.717) is 0 Å². The van der Waals surface area contributed by atoms with E-state index >= 15 is 0 Å². The number of hydrogen-bond donors (Lipinski definition) is 1. The molecule has 0 unspecified atom stereocenters. The minimum absolute atomic E-state index is 0. The summed E-state index contributed by atoms with van der Waals surface area (Å²) < 4.78 is 0. The van der Waals surface area contributed by atoms with Crippen molar-refractivity contribution >= 4 is 31.2 Å². The second-order valence-corrected chi connectivity index (χ2v) is 2.05. The van der Waals surface area contributed by atoms with Crippen LogP contribution in [0.15, 0.2) is 4.99 Å². The molecule has 0 amide bonds. The van der Waals surface area contributed by atoms with E-state index in [4.69, 9.17) is 0 Å². The van der Waals surface area contributed by atoms with E-state index < -0.39 is 0 Å². The average Bonchev–Trinajstić information content (AvgIpc) is 1.93. The van der Waals surface area contributed by atoms with Crippen LogP contribution < -0.4 is 5.32 Å². The first kappa shape index (κ1) is 17.2. The summed E-state index contributed by atoms with van der Waals surface area (Å²) in [5.41, 5.74) is 0.